The first-order chi connectivity index (χ1) is 13.2. The highest BCUT2D eigenvalue weighted by Gasteiger charge is 2.46. The summed E-state index contributed by atoms with van der Waals surface area (Å²) in [5.74, 6) is 0.742. The molecule has 0 aliphatic carbocycles. The Morgan fingerprint density at radius 1 is 1.15 bits per heavy atom. The summed E-state index contributed by atoms with van der Waals surface area (Å²) < 4.78 is 1.76. The number of aromatic nitrogens is 5. The van der Waals surface area contributed by atoms with Gasteiger partial charge in [-0.3, -0.25) is 4.79 Å². The lowest BCUT2D eigenvalue weighted by Crippen LogP contribution is -2.40. The van der Waals surface area contributed by atoms with E-state index in [1.807, 2.05) is 35.2 Å². The van der Waals surface area contributed by atoms with Crippen LogP contribution in [-0.2, 0) is 0 Å². The van der Waals surface area contributed by atoms with Crippen molar-refractivity contribution in [3.8, 4) is 5.69 Å². The predicted molar refractivity (Wildman–Crippen MR) is 101 cm³/mol. The van der Waals surface area contributed by atoms with Gasteiger partial charge in [0.15, 0.2) is 5.13 Å². The maximum absolute atomic E-state index is 12.9. The fourth-order valence-corrected chi connectivity index (χ4v) is 4.75. The van der Waals surface area contributed by atoms with Crippen molar-refractivity contribution < 1.29 is 4.79 Å². The maximum atomic E-state index is 12.9. The van der Waals surface area contributed by atoms with Crippen LogP contribution in [0.15, 0.2) is 36.5 Å². The maximum Gasteiger partial charge on any atom is 0.265 e. The topological polar surface area (TPSA) is 106 Å². The zero-order valence-corrected chi connectivity index (χ0v) is 15.3. The fraction of sp³-hybridized carbons (Fsp3) is 0.353. The highest BCUT2D eigenvalue weighted by Crippen LogP contribution is 2.36. The number of amides is 1. The molecule has 5 rings (SSSR count). The minimum atomic E-state index is 0.0150. The van der Waals surface area contributed by atoms with E-state index in [0.29, 0.717) is 10.0 Å². The first-order valence-electron chi connectivity index (χ1n) is 8.85. The lowest BCUT2D eigenvalue weighted by molar-refractivity contribution is 0.0742. The molecule has 2 N–H and O–H groups in total. The van der Waals surface area contributed by atoms with Gasteiger partial charge in [-0.1, -0.05) is 34.6 Å². The van der Waals surface area contributed by atoms with Crippen LogP contribution in [0.25, 0.3) is 5.69 Å². The third-order valence-electron chi connectivity index (χ3n) is 5.28. The van der Waals surface area contributed by atoms with E-state index in [4.69, 9.17) is 5.73 Å². The Morgan fingerprint density at radius 2 is 1.96 bits per heavy atom. The van der Waals surface area contributed by atoms with Gasteiger partial charge in [-0.2, -0.15) is 4.68 Å². The lowest BCUT2D eigenvalue weighted by atomic mass is 10.1. The van der Waals surface area contributed by atoms with Crippen LogP contribution < -0.4 is 10.6 Å². The molecule has 4 heterocycles. The Morgan fingerprint density at radius 3 is 2.74 bits per heavy atom. The number of nitrogens with two attached hydrogens (primary N) is 1. The van der Waals surface area contributed by atoms with Gasteiger partial charge < -0.3 is 15.5 Å². The molecule has 1 amide bonds. The molecular formula is C17H18N8OS. The number of benzene rings is 1. The standard InChI is InChI=1S/C17H18N8OS/c18-16-19-10-14(27-16)15(26)23-8-6-13-12(23)7-9-24(13)17-20-21-22-25(17)11-4-2-1-3-5-11/h1-5,10,12-13H,6-9H2,(H2,18,19)/t12-,13-/m0/s1. The van der Waals surface area contributed by atoms with Crippen molar-refractivity contribution in [3.05, 3.63) is 41.4 Å². The second-order valence-electron chi connectivity index (χ2n) is 6.69. The summed E-state index contributed by atoms with van der Waals surface area (Å²) in [6.07, 6.45) is 3.36. The van der Waals surface area contributed by atoms with Crippen LogP contribution in [0.4, 0.5) is 11.1 Å². The monoisotopic (exact) mass is 382 g/mol. The molecule has 0 radical (unpaired) electrons. The molecule has 0 bridgehead atoms. The number of likely N-dealkylation sites (tertiary alicyclic amines) is 1. The molecule has 3 aromatic rings. The van der Waals surface area contributed by atoms with Gasteiger partial charge in [-0.15, -0.1) is 0 Å². The summed E-state index contributed by atoms with van der Waals surface area (Å²) in [6, 6.07) is 10.2. The third kappa shape index (κ3) is 2.64. The average molecular weight is 382 g/mol. The summed E-state index contributed by atoms with van der Waals surface area (Å²) >= 11 is 1.24. The van der Waals surface area contributed by atoms with E-state index in [9.17, 15) is 4.79 Å². The molecule has 138 valence electrons. The Bertz CT molecular complexity index is 970. The molecule has 0 unspecified atom stereocenters. The highest BCUT2D eigenvalue weighted by atomic mass is 32.1. The number of rotatable bonds is 3. The molecule has 27 heavy (non-hydrogen) atoms. The largest absolute Gasteiger partial charge is 0.375 e. The van der Waals surface area contributed by atoms with Gasteiger partial charge in [0.25, 0.3) is 11.9 Å². The highest BCUT2D eigenvalue weighted by molar-refractivity contribution is 7.17. The van der Waals surface area contributed by atoms with E-state index < -0.39 is 0 Å². The van der Waals surface area contributed by atoms with Crippen LogP contribution in [-0.4, -0.2) is 61.2 Å². The molecule has 10 heteroatoms. The molecule has 0 saturated carbocycles. The van der Waals surface area contributed by atoms with E-state index in [1.165, 1.54) is 11.3 Å². The SMILES string of the molecule is Nc1ncc(C(=O)N2CC[C@H]3[C@@H]2CCN3c2nnnn2-c2ccccc2)s1. The number of tetrazole rings is 1. The van der Waals surface area contributed by atoms with Crippen molar-refractivity contribution >= 4 is 28.3 Å². The van der Waals surface area contributed by atoms with E-state index in [1.54, 1.807) is 10.9 Å². The van der Waals surface area contributed by atoms with Crippen LogP contribution in [0.2, 0.25) is 0 Å². The van der Waals surface area contributed by atoms with Crippen molar-refractivity contribution in [1.82, 2.24) is 30.1 Å². The van der Waals surface area contributed by atoms with E-state index in [-0.39, 0.29) is 18.0 Å². The van der Waals surface area contributed by atoms with Gasteiger partial charge in [0.2, 0.25) is 0 Å². The number of nitrogen functional groups attached to an aromatic ring is 1. The first-order valence-corrected chi connectivity index (χ1v) is 9.67. The van der Waals surface area contributed by atoms with Gasteiger partial charge in [-0.05, 0) is 35.4 Å². The molecule has 2 aliphatic heterocycles. The number of carbonyl (C=O) groups is 1. The second-order valence-corrected chi connectivity index (χ2v) is 7.76. The quantitative estimate of drug-likeness (QED) is 0.725. The molecule has 9 nitrogen and oxygen atoms in total. The summed E-state index contributed by atoms with van der Waals surface area (Å²) in [5, 5.41) is 12.7. The number of fused-ring (bicyclic) bond motifs is 1. The van der Waals surface area contributed by atoms with Crippen molar-refractivity contribution in [2.45, 2.75) is 24.9 Å². The Hall–Kier alpha value is -3.01. The van der Waals surface area contributed by atoms with E-state index >= 15 is 0 Å². The second kappa shape index (κ2) is 6.31. The van der Waals surface area contributed by atoms with Gasteiger partial charge >= 0.3 is 0 Å². The zero-order valence-electron chi connectivity index (χ0n) is 14.5. The number of carbonyl (C=O) groups excluding carboxylic acids is 1. The minimum absolute atomic E-state index is 0.0150. The molecule has 1 aromatic carbocycles. The van der Waals surface area contributed by atoms with Crippen LogP contribution in [0.1, 0.15) is 22.5 Å². The van der Waals surface area contributed by atoms with Crippen molar-refractivity contribution in [2.24, 2.45) is 0 Å². The van der Waals surface area contributed by atoms with E-state index in [2.05, 4.69) is 25.4 Å². The normalized spacial score (nSPS) is 21.6. The van der Waals surface area contributed by atoms with Gasteiger partial charge in [-0.25, -0.2) is 4.98 Å². The summed E-state index contributed by atoms with van der Waals surface area (Å²) in [5.41, 5.74) is 6.61. The number of anilines is 2. The smallest absolute Gasteiger partial charge is 0.265 e. The van der Waals surface area contributed by atoms with Crippen molar-refractivity contribution in [3.63, 3.8) is 0 Å². The molecule has 2 fully saturated rings. The fourth-order valence-electron chi connectivity index (χ4n) is 4.11. The first kappa shape index (κ1) is 16.2. The number of hydrogen-bond acceptors (Lipinski definition) is 8. The summed E-state index contributed by atoms with van der Waals surface area (Å²) in [7, 11) is 0. The number of thiazole rings is 1. The average Bonchev–Trinajstić information content (AvgIpc) is 3.45. The number of hydrogen-bond donors (Lipinski definition) is 1. The van der Waals surface area contributed by atoms with Crippen LogP contribution in [0.3, 0.4) is 0 Å². The van der Waals surface area contributed by atoms with Gasteiger partial charge in [0.1, 0.15) is 4.88 Å². The number of nitrogens with zero attached hydrogens (tertiary/aromatic N) is 7. The molecule has 0 spiro atoms. The zero-order chi connectivity index (χ0) is 18.4. The Labute approximate surface area is 159 Å². The third-order valence-corrected chi connectivity index (χ3v) is 6.10. The lowest BCUT2D eigenvalue weighted by Gasteiger charge is -2.25. The van der Waals surface area contributed by atoms with Crippen LogP contribution >= 0.6 is 11.3 Å². The predicted octanol–water partition coefficient (Wildman–Crippen LogP) is 1.19. The van der Waals surface area contributed by atoms with Crippen LogP contribution in [0.5, 0.6) is 0 Å². The van der Waals surface area contributed by atoms with Crippen LogP contribution in [0, 0.1) is 0 Å². The minimum Gasteiger partial charge on any atom is -0.375 e. The van der Waals surface area contributed by atoms with Crippen molar-refractivity contribution in [1.29, 1.82) is 0 Å². The number of para-hydroxylation sites is 1. The Kier molecular flexibility index (Phi) is 3.78. The summed E-state index contributed by atoms with van der Waals surface area (Å²) in [4.78, 5) is 21.6. The molecule has 2 aromatic heterocycles. The summed E-state index contributed by atoms with van der Waals surface area (Å²) in [6.45, 7) is 1.53. The molecule has 2 saturated heterocycles. The van der Waals surface area contributed by atoms with E-state index in [0.717, 1.165) is 37.6 Å². The van der Waals surface area contributed by atoms with Gasteiger partial charge in [0, 0.05) is 13.1 Å². The molecular weight excluding hydrogens is 364 g/mol. The Balaban J connectivity index is 1.40. The van der Waals surface area contributed by atoms with Gasteiger partial charge in [0.05, 0.1) is 24.0 Å². The molecule has 2 aliphatic rings. The van der Waals surface area contributed by atoms with Crippen molar-refractivity contribution in [2.75, 3.05) is 23.7 Å². The molecule has 2 atom stereocenters.